The normalized spacial score (nSPS) is 14.9. The Morgan fingerprint density at radius 3 is 2.61 bits per heavy atom. The van der Waals surface area contributed by atoms with E-state index in [0.717, 1.165) is 25.0 Å². The number of sulfonamides is 1. The van der Waals surface area contributed by atoms with Crippen molar-refractivity contribution in [2.45, 2.75) is 18.7 Å². The van der Waals surface area contributed by atoms with Crippen LogP contribution < -0.4 is 14.9 Å². The Bertz CT molecular complexity index is 933. The number of benzene rings is 1. The van der Waals surface area contributed by atoms with Crippen LogP contribution in [-0.4, -0.2) is 57.8 Å². The zero-order chi connectivity index (χ0) is 20.1. The van der Waals surface area contributed by atoms with Crippen molar-refractivity contribution < 1.29 is 17.5 Å². The number of hydrogen-bond acceptors (Lipinski definition) is 7. The Hall–Kier alpha value is -2.30. The van der Waals surface area contributed by atoms with Crippen LogP contribution >= 0.6 is 0 Å². The summed E-state index contributed by atoms with van der Waals surface area (Å²) in [5.74, 6) is 1.62. The van der Waals surface area contributed by atoms with E-state index in [0.29, 0.717) is 37.0 Å². The fourth-order valence-corrected chi connectivity index (χ4v) is 4.22. The molecule has 0 bridgehead atoms. The van der Waals surface area contributed by atoms with Gasteiger partial charge >= 0.3 is 0 Å². The average molecular weight is 409 g/mol. The van der Waals surface area contributed by atoms with E-state index in [9.17, 15) is 12.8 Å². The van der Waals surface area contributed by atoms with E-state index in [1.807, 2.05) is 13.0 Å². The maximum absolute atomic E-state index is 13.2. The summed E-state index contributed by atoms with van der Waals surface area (Å²) >= 11 is 0. The molecule has 2 aromatic rings. The fraction of sp³-hybridized carbons (Fsp3) is 0.444. The number of aromatic nitrogens is 2. The highest BCUT2D eigenvalue weighted by Crippen LogP contribution is 2.18. The molecule has 0 amide bonds. The van der Waals surface area contributed by atoms with Crippen molar-refractivity contribution in [2.75, 3.05) is 49.6 Å². The Morgan fingerprint density at radius 2 is 1.89 bits per heavy atom. The zero-order valence-corrected chi connectivity index (χ0v) is 16.7. The monoisotopic (exact) mass is 409 g/mol. The third-order valence-electron chi connectivity index (χ3n) is 4.31. The molecule has 1 aliphatic heterocycles. The molecular weight excluding hydrogens is 385 g/mol. The molecule has 8 nitrogen and oxygen atoms in total. The van der Waals surface area contributed by atoms with Gasteiger partial charge in [0.2, 0.25) is 10.0 Å². The standard InChI is InChI=1S/C18H24FN5O3S/c1-13-11-15(19)3-4-16(13)28(25,26)21-6-5-20-17-12-18(23-14(2)22-17)24-7-9-27-10-8-24/h3-4,11-12,21H,5-10H2,1-2H3,(H,20,22,23). The van der Waals surface area contributed by atoms with Crippen LogP contribution in [0.25, 0.3) is 0 Å². The minimum Gasteiger partial charge on any atom is -0.378 e. The van der Waals surface area contributed by atoms with Gasteiger partial charge in [0.15, 0.2) is 0 Å². The number of hydrogen-bond donors (Lipinski definition) is 2. The first-order chi connectivity index (χ1) is 13.3. The van der Waals surface area contributed by atoms with E-state index in [4.69, 9.17) is 4.74 Å². The highest BCUT2D eigenvalue weighted by Gasteiger charge is 2.17. The molecule has 0 radical (unpaired) electrons. The van der Waals surface area contributed by atoms with Gasteiger partial charge in [0.25, 0.3) is 0 Å². The van der Waals surface area contributed by atoms with E-state index in [1.165, 1.54) is 12.1 Å². The fourth-order valence-electron chi connectivity index (χ4n) is 2.96. The SMILES string of the molecule is Cc1nc(NCCNS(=O)(=O)c2ccc(F)cc2C)cc(N2CCOCC2)n1. The largest absolute Gasteiger partial charge is 0.378 e. The first kappa shape index (κ1) is 20.4. The zero-order valence-electron chi connectivity index (χ0n) is 15.9. The summed E-state index contributed by atoms with van der Waals surface area (Å²) in [5, 5.41) is 3.12. The van der Waals surface area contributed by atoms with Gasteiger partial charge in [-0.2, -0.15) is 0 Å². The van der Waals surface area contributed by atoms with Gasteiger partial charge in [0.1, 0.15) is 23.3 Å². The summed E-state index contributed by atoms with van der Waals surface area (Å²) in [6, 6.07) is 5.44. The van der Waals surface area contributed by atoms with Crippen LogP contribution in [0.3, 0.4) is 0 Å². The minimum atomic E-state index is -3.71. The quantitative estimate of drug-likeness (QED) is 0.669. The molecule has 0 atom stereocenters. The molecular formula is C18H24FN5O3S. The Balaban J connectivity index is 1.58. The lowest BCUT2D eigenvalue weighted by Gasteiger charge is -2.28. The number of rotatable bonds is 7. The number of nitrogens with one attached hydrogen (secondary N) is 2. The summed E-state index contributed by atoms with van der Waals surface area (Å²) in [7, 11) is -3.71. The van der Waals surface area contributed by atoms with Gasteiger partial charge in [0, 0.05) is 32.2 Å². The Morgan fingerprint density at radius 1 is 1.14 bits per heavy atom. The van der Waals surface area contributed by atoms with Crippen molar-refractivity contribution in [3.8, 4) is 0 Å². The summed E-state index contributed by atoms with van der Waals surface area (Å²) in [4.78, 5) is 11.0. The van der Waals surface area contributed by atoms with E-state index in [2.05, 4.69) is 24.9 Å². The van der Waals surface area contributed by atoms with Crippen molar-refractivity contribution in [3.63, 3.8) is 0 Å². The van der Waals surface area contributed by atoms with Gasteiger partial charge in [-0.1, -0.05) is 0 Å². The van der Waals surface area contributed by atoms with Crippen LogP contribution in [0.4, 0.5) is 16.0 Å². The summed E-state index contributed by atoms with van der Waals surface area (Å²) in [5.41, 5.74) is 0.363. The highest BCUT2D eigenvalue weighted by molar-refractivity contribution is 7.89. The van der Waals surface area contributed by atoms with E-state index in [-0.39, 0.29) is 11.4 Å². The van der Waals surface area contributed by atoms with E-state index < -0.39 is 15.8 Å². The molecule has 10 heteroatoms. The van der Waals surface area contributed by atoms with E-state index >= 15 is 0 Å². The molecule has 1 aliphatic rings. The number of ether oxygens (including phenoxy) is 1. The second kappa shape index (κ2) is 8.80. The maximum atomic E-state index is 13.2. The number of nitrogens with zero attached hydrogens (tertiary/aromatic N) is 3. The molecule has 1 aromatic carbocycles. The minimum absolute atomic E-state index is 0.0707. The van der Waals surface area contributed by atoms with Crippen LogP contribution in [0.15, 0.2) is 29.2 Å². The van der Waals surface area contributed by atoms with Crippen molar-refractivity contribution >= 4 is 21.7 Å². The summed E-state index contributed by atoms with van der Waals surface area (Å²) in [6.07, 6.45) is 0. The summed E-state index contributed by atoms with van der Waals surface area (Å²) in [6.45, 7) is 6.75. The first-order valence-electron chi connectivity index (χ1n) is 9.03. The van der Waals surface area contributed by atoms with Gasteiger partial charge < -0.3 is 15.0 Å². The van der Waals surface area contributed by atoms with Gasteiger partial charge in [-0.25, -0.2) is 27.5 Å². The molecule has 0 unspecified atom stereocenters. The smallest absolute Gasteiger partial charge is 0.240 e. The molecule has 1 saturated heterocycles. The molecule has 0 saturated carbocycles. The predicted molar refractivity (Wildman–Crippen MR) is 105 cm³/mol. The molecule has 0 aliphatic carbocycles. The average Bonchev–Trinajstić information content (AvgIpc) is 2.65. The van der Waals surface area contributed by atoms with Crippen LogP contribution in [0.1, 0.15) is 11.4 Å². The van der Waals surface area contributed by atoms with Crippen molar-refractivity contribution in [1.29, 1.82) is 0 Å². The Labute approximate surface area is 164 Å². The predicted octanol–water partition coefficient (Wildman–Crippen LogP) is 1.46. The van der Waals surface area contributed by atoms with Crippen molar-refractivity contribution in [3.05, 3.63) is 41.5 Å². The number of morpholine rings is 1. The third-order valence-corrected chi connectivity index (χ3v) is 5.93. The molecule has 2 N–H and O–H groups in total. The van der Waals surface area contributed by atoms with Gasteiger partial charge in [-0.3, -0.25) is 0 Å². The van der Waals surface area contributed by atoms with Crippen molar-refractivity contribution in [2.24, 2.45) is 0 Å². The highest BCUT2D eigenvalue weighted by atomic mass is 32.2. The molecule has 28 heavy (non-hydrogen) atoms. The second-order valence-electron chi connectivity index (χ2n) is 6.49. The molecule has 0 spiro atoms. The molecule has 152 valence electrons. The van der Waals surface area contributed by atoms with Gasteiger partial charge in [-0.15, -0.1) is 0 Å². The van der Waals surface area contributed by atoms with Crippen LogP contribution in [0.5, 0.6) is 0 Å². The molecule has 1 aromatic heterocycles. The molecule has 3 rings (SSSR count). The number of halogens is 1. The van der Waals surface area contributed by atoms with Crippen LogP contribution in [0.2, 0.25) is 0 Å². The lowest BCUT2D eigenvalue weighted by molar-refractivity contribution is 0.122. The molecule has 2 heterocycles. The van der Waals surface area contributed by atoms with E-state index in [1.54, 1.807) is 6.92 Å². The topological polar surface area (TPSA) is 96.5 Å². The lowest BCUT2D eigenvalue weighted by Crippen LogP contribution is -2.37. The Kier molecular flexibility index (Phi) is 6.42. The third kappa shape index (κ3) is 5.15. The molecule has 1 fully saturated rings. The number of aryl methyl sites for hydroxylation is 2. The van der Waals surface area contributed by atoms with Crippen LogP contribution in [-0.2, 0) is 14.8 Å². The van der Waals surface area contributed by atoms with Gasteiger partial charge in [-0.05, 0) is 37.6 Å². The second-order valence-corrected chi connectivity index (χ2v) is 8.23. The number of anilines is 2. The van der Waals surface area contributed by atoms with Gasteiger partial charge in [0.05, 0.1) is 18.1 Å². The first-order valence-corrected chi connectivity index (χ1v) is 10.5. The maximum Gasteiger partial charge on any atom is 0.240 e. The van der Waals surface area contributed by atoms with Crippen molar-refractivity contribution in [1.82, 2.24) is 14.7 Å². The van der Waals surface area contributed by atoms with Crippen LogP contribution in [0, 0.1) is 19.7 Å². The summed E-state index contributed by atoms with van der Waals surface area (Å²) < 4.78 is 45.8. The lowest BCUT2D eigenvalue weighted by atomic mass is 10.2.